The maximum absolute atomic E-state index is 13.1. The number of hydrogen-bond acceptors (Lipinski definition) is 4. The van der Waals surface area contributed by atoms with Gasteiger partial charge in [0, 0.05) is 12.2 Å². The number of aliphatic carboxylic acids is 1. The third-order valence-electron chi connectivity index (χ3n) is 4.48. The van der Waals surface area contributed by atoms with Gasteiger partial charge in [-0.1, -0.05) is 51.9 Å². The highest BCUT2D eigenvalue weighted by Crippen LogP contribution is 2.32. The number of halogens is 4. The quantitative estimate of drug-likeness (QED) is 0.271. The average Bonchev–Trinajstić information content (AvgIpc) is 2.74. The number of rotatable bonds is 11. The van der Waals surface area contributed by atoms with Gasteiger partial charge in [-0.3, -0.25) is 0 Å². The average molecular weight is 446 g/mol. The molecule has 0 radical (unpaired) electrons. The molecule has 0 bridgehead atoms. The molecule has 0 fully saturated rings. The van der Waals surface area contributed by atoms with Crippen LogP contribution in [0.25, 0.3) is 0 Å². The van der Waals surface area contributed by atoms with E-state index in [4.69, 9.17) is 5.11 Å². The molecule has 1 aromatic carbocycles. The number of unbranched alkanes of at least 4 members (excludes halogenated alkanes) is 7. The second kappa shape index (κ2) is 14.3. The molecule has 0 saturated heterocycles. The van der Waals surface area contributed by atoms with Gasteiger partial charge in [0.25, 0.3) is 0 Å². The maximum Gasteiger partial charge on any atom is 0.419 e. The minimum atomic E-state index is -4.65. The Balaban J connectivity index is 0.000000442. The Labute approximate surface area is 180 Å². The molecule has 9 heteroatoms. The Morgan fingerprint density at radius 3 is 2.26 bits per heavy atom. The maximum atomic E-state index is 13.1. The molecule has 0 aromatic heterocycles. The van der Waals surface area contributed by atoms with Crippen molar-refractivity contribution in [2.24, 2.45) is 0 Å². The summed E-state index contributed by atoms with van der Waals surface area (Å²) in [5.74, 6) is -2.20. The number of nitrogens with one attached hydrogen (secondary N) is 2. The molecule has 2 rings (SSSR count). The van der Waals surface area contributed by atoms with Gasteiger partial charge >= 0.3 is 12.1 Å². The van der Waals surface area contributed by atoms with Gasteiger partial charge in [0.1, 0.15) is 12.1 Å². The number of hydrogen-bond donors (Lipinski definition) is 3. The van der Waals surface area contributed by atoms with E-state index in [0.29, 0.717) is 12.2 Å². The molecule has 5 nitrogen and oxygen atoms in total. The highest BCUT2D eigenvalue weighted by Gasteiger charge is 2.34. The summed E-state index contributed by atoms with van der Waals surface area (Å²) in [7, 11) is 0. The lowest BCUT2D eigenvalue weighted by atomic mass is 10.1. The van der Waals surface area contributed by atoms with Crippen molar-refractivity contribution in [3.05, 3.63) is 53.7 Å². The van der Waals surface area contributed by atoms with Crippen molar-refractivity contribution in [1.82, 2.24) is 5.48 Å². The van der Waals surface area contributed by atoms with Gasteiger partial charge in [-0.25, -0.2) is 14.7 Å². The van der Waals surface area contributed by atoms with Gasteiger partial charge in [-0.15, -0.1) is 0 Å². The fraction of sp³-hybridized carbons (Fsp3) is 0.500. The van der Waals surface area contributed by atoms with Gasteiger partial charge in [-0.2, -0.15) is 13.2 Å². The van der Waals surface area contributed by atoms with Gasteiger partial charge in [0.2, 0.25) is 0 Å². The Bertz CT molecular complexity index is 734. The molecule has 31 heavy (non-hydrogen) atoms. The number of benzene rings is 1. The van der Waals surface area contributed by atoms with Crippen molar-refractivity contribution >= 4 is 11.7 Å². The second-order valence-corrected chi connectivity index (χ2v) is 7.04. The third-order valence-corrected chi connectivity index (χ3v) is 4.48. The number of anilines is 1. The van der Waals surface area contributed by atoms with E-state index in [2.05, 4.69) is 22.6 Å². The van der Waals surface area contributed by atoms with Crippen molar-refractivity contribution in [3.63, 3.8) is 0 Å². The molecule has 0 spiro atoms. The van der Waals surface area contributed by atoms with E-state index in [1.54, 1.807) is 0 Å². The standard InChI is InChI=1S/C17H25F4N.C5H5NO3/c1-2-3-4-5-6-7-8-9-12-22-14-10-11-16(18)15(13-14)17(19,20)21;7-5(8)4-1-2-9-6-3-4/h10-11,13,22H,2-9,12H2,1H3;1-3,6H,(H,7,8). The van der Waals surface area contributed by atoms with E-state index in [-0.39, 0.29) is 5.57 Å². The van der Waals surface area contributed by atoms with Crippen LogP contribution in [0.5, 0.6) is 0 Å². The smallest absolute Gasteiger partial charge is 0.419 e. The number of carboxylic acids is 1. The molecule has 1 heterocycles. The number of hydroxylamine groups is 1. The molecule has 0 unspecified atom stereocenters. The summed E-state index contributed by atoms with van der Waals surface area (Å²) in [6.07, 6.45) is 8.65. The number of carbonyl (C=O) groups is 1. The minimum Gasteiger partial charge on any atom is -0.478 e. The summed E-state index contributed by atoms with van der Waals surface area (Å²) in [6, 6.07) is 3.04. The van der Waals surface area contributed by atoms with Crippen molar-refractivity contribution in [1.29, 1.82) is 0 Å². The van der Waals surface area contributed by atoms with Gasteiger partial charge < -0.3 is 15.3 Å². The molecule has 1 aliphatic heterocycles. The molecule has 174 valence electrons. The lowest BCUT2D eigenvalue weighted by Crippen LogP contribution is -2.10. The molecule has 0 amide bonds. The fourth-order valence-corrected chi connectivity index (χ4v) is 2.77. The van der Waals surface area contributed by atoms with Crippen LogP contribution >= 0.6 is 0 Å². The first-order chi connectivity index (χ1) is 14.8. The van der Waals surface area contributed by atoms with Crippen LogP contribution in [0.3, 0.4) is 0 Å². The Morgan fingerprint density at radius 2 is 1.74 bits per heavy atom. The summed E-state index contributed by atoms with van der Waals surface area (Å²) in [5, 5.41) is 11.3. The van der Waals surface area contributed by atoms with Crippen molar-refractivity contribution in [2.75, 3.05) is 11.9 Å². The van der Waals surface area contributed by atoms with Crippen molar-refractivity contribution in [3.8, 4) is 0 Å². The SMILES string of the molecule is CCCCCCCCCCNc1ccc(F)c(C(F)(F)F)c1.O=C(O)C1=CNOC=C1. The molecular formula is C22H30F4N2O3. The molecule has 0 atom stereocenters. The highest BCUT2D eigenvalue weighted by atomic mass is 19.4. The van der Waals surface area contributed by atoms with Crippen LogP contribution in [0, 0.1) is 5.82 Å². The van der Waals surface area contributed by atoms with Crippen LogP contribution in [0.1, 0.15) is 63.9 Å². The Hall–Kier alpha value is -2.71. The number of carboxylic acid groups (broad SMARTS) is 1. The van der Waals surface area contributed by atoms with Gasteiger partial charge in [-0.05, 0) is 30.7 Å². The fourth-order valence-electron chi connectivity index (χ4n) is 2.77. The third kappa shape index (κ3) is 11.3. The molecule has 3 N–H and O–H groups in total. The van der Waals surface area contributed by atoms with Crippen LogP contribution in [0.2, 0.25) is 0 Å². The first kappa shape index (κ1) is 26.3. The summed E-state index contributed by atoms with van der Waals surface area (Å²) in [4.78, 5) is 14.6. The highest BCUT2D eigenvalue weighted by molar-refractivity contribution is 5.89. The lowest BCUT2D eigenvalue weighted by Gasteiger charge is -2.11. The summed E-state index contributed by atoms with van der Waals surface area (Å²) < 4.78 is 50.9. The molecule has 0 aliphatic carbocycles. The largest absolute Gasteiger partial charge is 0.478 e. The zero-order valence-corrected chi connectivity index (χ0v) is 17.6. The van der Waals surface area contributed by atoms with Crippen LogP contribution in [0.15, 0.2) is 42.3 Å². The van der Waals surface area contributed by atoms with Crippen LogP contribution in [-0.2, 0) is 15.8 Å². The first-order valence-electron chi connectivity index (χ1n) is 10.4. The molecule has 0 saturated carbocycles. The van der Waals surface area contributed by atoms with E-state index in [0.717, 1.165) is 31.4 Å². The first-order valence-corrected chi connectivity index (χ1v) is 10.4. The normalized spacial score (nSPS) is 12.7. The van der Waals surface area contributed by atoms with Crippen LogP contribution in [0.4, 0.5) is 23.2 Å². The Kier molecular flexibility index (Phi) is 12.2. The van der Waals surface area contributed by atoms with E-state index < -0.39 is 23.5 Å². The monoisotopic (exact) mass is 446 g/mol. The van der Waals surface area contributed by atoms with Crippen LogP contribution < -0.4 is 10.8 Å². The number of alkyl halides is 3. The van der Waals surface area contributed by atoms with E-state index in [9.17, 15) is 22.4 Å². The van der Waals surface area contributed by atoms with E-state index in [1.807, 2.05) is 0 Å². The van der Waals surface area contributed by atoms with E-state index >= 15 is 0 Å². The summed E-state index contributed by atoms with van der Waals surface area (Å²) in [6.45, 7) is 2.79. The van der Waals surface area contributed by atoms with Gasteiger partial charge in [0.05, 0.1) is 17.3 Å². The zero-order chi connectivity index (χ0) is 23.1. The van der Waals surface area contributed by atoms with E-state index in [1.165, 1.54) is 56.7 Å². The van der Waals surface area contributed by atoms with Crippen LogP contribution in [-0.4, -0.2) is 17.6 Å². The molecule has 1 aliphatic rings. The predicted molar refractivity (Wildman–Crippen MR) is 112 cm³/mol. The van der Waals surface area contributed by atoms with Crippen molar-refractivity contribution < 1.29 is 32.3 Å². The minimum absolute atomic E-state index is 0.182. The van der Waals surface area contributed by atoms with Crippen molar-refractivity contribution in [2.45, 2.75) is 64.5 Å². The van der Waals surface area contributed by atoms with Gasteiger partial charge in [0.15, 0.2) is 0 Å². The lowest BCUT2D eigenvalue weighted by molar-refractivity contribution is -0.140. The molecular weight excluding hydrogens is 416 g/mol. The summed E-state index contributed by atoms with van der Waals surface area (Å²) in [5.41, 5.74) is 1.57. The Morgan fingerprint density at radius 1 is 1.10 bits per heavy atom. The topological polar surface area (TPSA) is 70.6 Å². The summed E-state index contributed by atoms with van der Waals surface area (Å²) >= 11 is 0. The predicted octanol–water partition coefficient (Wildman–Crippen LogP) is 6.40. The second-order valence-electron chi connectivity index (χ2n) is 7.04. The molecule has 1 aromatic rings. The zero-order valence-electron chi connectivity index (χ0n) is 17.6.